The third kappa shape index (κ3) is 9.85. The highest BCUT2D eigenvalue weighted by Crippen LogP contribution is 2.26. The molecular weight excluding hydrogens is 318 g/mol. The second-order valence-corrected chi connectivity index (χ2v) is 6.48. The molecule has 5 nitrogen and oxygen atoms in total. The largest absolute Gasteiger partial charge is 0.419 e. The van der Waals surface area contributed by atoms with Gasteiger partial charge in [0, 0.05) is 12.5 Å². The summed E-state index contributed by atoms with van der Waals surface area (Å²) in [4.78, 5) is 22.1. The number of para-hydroxylation sites is 2. The Morgan fingerprint density at radius 3 is 2.00 bits per heavy atom. The highest BCUT2D eigenvalue weighted by Gasteiger charge is 2.16. The van der Waals surface area contributed by atoms with Gasteiger partial charge in [-0.05, 0) is 12.5 Å². The first-order chi connectivity index (χ1) is 12.1. The molecule has 0 saturated heterocycles. The highest BCUT2D eigenvalue weighted by atomic mass is 16.6. The summed E-state index contributed by atoms with van der Waals surface area (Å²) in [6.07, 6.45) is 13.7. The Kier molecular flexibility index (Phi) is 11.3. The van der Waals surface area contributed by atoms with Gasteiger partial charge in [-0.25, -0.2) is 0 Å². The van der Waals surface area contributed by atoms with Crippen LogP contribution in [0.5, 0.6) is 5.75 Å². The van der Waals surface area contributed by atoms with E-state index in [1.807, 2.05) is 0 Å². The van der Waals surface area contributed by atoms with Crippen LogP contribution in [0, 0.1) is 10.1 Å². The van der Waals surface area contributed by atoms with E-state index in [1.165, 1.54) is 63.5 Å². The summed E-state index contributed by atoms with van der Waals surface area (Å²) in [5, 5.41) is 10.9. The lowest BCUT2D eigenvalue weighted by Crippen LogP contribution is -2.08. The summed E-state index contributed by atoms with van der Waals surface area (Å²) in [7, 11) is 0. The molecule has 0 bridgehead atoms. The molecule has 0 aromatic heterocycles. The fourth-order valence-electron chi connectivity index (χ4n) is 2.80. The first-order valence-electron chi connectivity index (χ1n) is 9.59. The molecule has 0 saturated carbocycles. The first-order valence-corrected chi connectivity index (χ1v) is 9.59. The third-order valence-electron chi connectivity index (χ3n) is 4.27. The van der Waals surface area contributed by atoms with Crippen LogP contribution >= 0.6 is 0 Å². The number of esters is 1. The molecule has 1 rings (SSSR count). The second-order valence-electron chi connectivity index (χ2n) is 6.48. The van der Waals surface area contributed by atoms with Crippen molar-refractivity contribution in [3.8, 4) is 5.75 Å². The third-order valence-corrected chi connectivity index (χ3v) is 4.27. The molecule has 0 spiro atoms. The number of ether oxygens (including phenoxy) is 1. The number of carbonyl (C=O) groups is 1. The van der Waals surface area contributed by atoms with Gasteiger partial charge in [-0.3, -0.25) is 14.9 Å². The Hall–Kier alpha value is -1.91. The average Bonchev–Trinajstić information content (AvgIpc) is 2.60. The van der Waals surface area contributed by atoms with Crippen LogP contribution in [-0.2, 0) is 4.79 Å². The molecule has 25 heavy (non-hydrogen) atoms. The Balaban J connectivity index is 2.05. The van der Waals surface area contributed by atoms with Gasteiger partial charge >= 0.3 is 11.7 Å². The van der Waals surface area contributed by atoms with Crippen molar-refractivity contribution >= 4 is 11.7 Å². The molecule has 0 N–H and O–H groups in total. The van der Waals surface area contributed by atoms with E-state index in [4.69, 9.17) is 4.74 Å². The summed E-state index contributed by atoms with van der Waals surface area (Å²) in [6, 6.07) is 5.97. The van der Waals surface area contributed by atoms with Crippen LogP contribution in [0.25, 0.3) is 0 Å². The zero-order valence-corrected chi connectivity index (χ0v) is 15.4. The lowest BCUT2D eigenvalue weighted by atomic mass is 10.1. The summed E-state index contributed by atoms with van der Waals surface area (Å²) in [5.74, 6) is -0.370. The van der Waals surface area contributed by atoms with Crippen molar-refractivity contribution in [2.75, 3.05) is 0 Å². The maximum atomic E-state index is 11.8. The predicted octanol–water partition coefficient (Wildman–Crippen LogP) is 6.20. The van der Waals surface area contributed by atoms with Crippen LogP contribution in [-0.4, -0.2) is 10.9 Å². The van der Waals surface area contributed by atoms with Crippen LogP contribution in [0.4, 0.5) is 5.69 Å². The number of rotatable bonds is 14. The molecule has 0 aliphatic carbocycles. The quantitative estimate of drug-likeness (QED) is 0.132. The number of nitrogens with zero attached hydrogens (tertiary/aromatic N) is 1. The Morgan fingerprint density at radius 2 is 1.44 bits per heavy atom. The smallest absolute Gasteiger partial charge is 0.311 e. The zero-order valence-electron chi connectivity index (χ0n) is 15.4. The van der Waals surface area contributed by atoms with Crippen LogP contribution in [0.1, 0.15) is 84.0 Å². The molecule has 1 aromatic carbocycles. The minimum atomic E-state index is -0.537. The van der Waals surface area contributed by atoms with E-state index in [0.29, 0.717) is 6.42 Å². The Morgan fingerprint density at radius 1 is 0.920 bits per heavy atom. The van der Waals surface area contributed by atoms with Crippen LogP contribution in [0.3, 0.4) is 0 Å². The maximum absolute atomic E-state index is 11.8. The van der Waals surface area contributed by atoms with Gasteiger partial charge in [0.15, 0.2) is 0 Å². The van der Waals surface area contributed by atoms with Crippen molar-refractivity contribution in [3.05, 3.63) is 34.4 Å². The van der Waals surface area contributed by atoms with Gasteiger partial charge in [-0.15, -0.1) is 0 Å². The number of carbonyl (C=O) groups excluding carboxylic acids is 1. The van der Waals surface area contributed by atoms with Crippen LogP contribution in [0.15, 0.2) is 24.3 Å². The molecule has 1 aromatic rings. The Labute approximate surface area is 150 Å². The van der Waals surface area contributed by atoms with Gasteiger partial charge in [0.25, 0.3) is 0 Å². The van der Waals surface area contributed by atoms with Crippen molar-refractivity contribution in [2.45, 2.75) is 84.0 Å². The average molecular weight is 349 g/mol. The van der Waals surface area contributed by atoms with Crippen LogP contribution in [0.2, 0.25) is 0 Å². The van der Waals surface area contributed by atoms with Gasteiger partial charge in [0.1, 0.15) is 0 Å². The molecule has 0 fully saturated rings. The van der Waals surface area contributed by atoms with Crippen molar-refractivity contribution < 1.29 is 14.5 Å². The van der Waals surface area contributed by atoms with Gasteiger partial charge in [0.2, 0.25) is 5.75 Å². The topological polar surface area (TPSA) is 69.4 Å². The fourth-order valence-corrected chi connectivity index (χ4v) is 2.80. The summed E-state index contributed by atoms with van der Waals surface area (Å²) >= 11 is 0. The molecule has 0 radical (unpaired) electrons. The van der Waals surface area contributed by atoms with Gasteiger partial charge in [-0.1, -0.05) is 83.3 Å². The fraction of sp³-hybridized carbons (Fsp3) is 0.650. The molecule has 0 heterocycles. The van der Waals surface area contributed by atoms with E-state index in [1.54, 1.807) is 12.1 Å². The molecule has 140 valence electrons. The normalized spacial score (nSPS) is 10.6. The monoisotopic (exact) mass is 349 g/mol. The standard InChI is InChI=1S/C20H31NO4/c1-2-3-4-5-6-7-8-9-10-11-12-17-20(22)25-19-16-14-13-15-18(19)21(23)24/h13-16H,2-12,17H2,1H3. The van der Waals surface area contributed by atoms with Crippen LogP contribution < -0.4 is 4.74 Å². The first kappa shape index (κ1) is 21.1. The van der Waals surface area contributed by atoms with E-state index < -0.39 is 10.9 Å². The molecule has 0 aliphatic heterocycles. The van der Waals surface area contributed by atoms with E-state index in [0.717, 1.165) is 19.3 Å². The predicted molar refractivity (Wildman–Crippen MR) is 99.8 cm³/mol. The molecule has 0 aliphatic rings. The molecular formula is C20H31NO4. The Bertz CT molecular complexity index is 516. The van der Waals surface area contributed by atoms with Gasteiger partial charge < -0.3 is 4.74 Å². The lowest BCUT2D eigenvalue weighted by Gasteiger charge is -2.05. The van der Waals surface area contributed by atoms with E-state index in [9.17, 15) is 14.9 Å². The van der Waals surface area contributed by atoms with Crippen molar-refractivity contribution in [2.24, 2.45) is 0 Å². The van der Waals surface area contributed by atoms with Crippen molar-refractivity contribution in [1.82, 2.24) is 0 Å². The highest BCUT2D eigenvalue weighted by molar-refractivity contribution is 5.73. The number of hydrogen-bond donors (Lipinski definition) is 0. The van der Waals surface area contributed by atoms with E-state index >= 15 is 0 Å². The minimum Gasteiger partial charge on any atom is -0.419 e. The summed E-state index contributed by atoms with van der Waals surface area (Å²) in [5.41, 5.74) is -0.171. The number of unbranched alkanes of at least 4 members (excludes halogenated alkanes) is 10. The number of benzene rings is 1. The lowest BCUT2D eigenvalue weighted by molar-refractivity contribution is -0.385. The van der Waals surface area contributed by atoms with E-state index in [2.05, 4.69) is 6.92 Å². The molecule has 0 unspecified atom stereocenters. The van der Waals surface area contributed by atoms with Crippen molar-refractivity contribution in [3.63, 3.8) is 0 Å². The summed E-state index contributed by atoms with van der Waals surface area (Å²) < 4.78 is 5.12. The van der Waals surface area contributed by atoms with Gasteiger partial charge in [-0.2, -0.15) is 0 Å². The SMILES string of the molecule is CCCCCCCCCCCCCC(=O)Oc1ccccc1[N+](=O)[O-]. The van der Waals surface area contributed by atoms with E-state index in [-0.39, 0.29) is 11.4 Å². The zero-order chi connectivity index (χ0) is 18.3. The second kappa shape index (κ2) is 13.4. The number of nitro benzene ring substituents is 1. The van der Waals surface area contributed by atoms with Crippen molar-refractivity contribution in [1.29, 1.82) is 0 Å². The minimum absolute atomic E-state index is 0.0283. The maximum Gasteiger partial charge on any atom is 0.311 e. The van der Waals surface area contributed by atoms with Gasteiger partial charge in [0.05, 0.1) is 4.92 Å². The number of hydrogen-bond acceptors (Lipinski definition) is 4. The molecule has 0 atom stereocenters. The summed E-state index contributed by atoms with van der Waals surface area (Å²) in [6.45, 7) is 2.23. The molecule has 0 amide bonds. The number of nitro groups is 1. The molecule has 5 heteroatoms.